The quantitative estimate of drug-likeness (QED) is 0.690. The molecule has 0 atom stereocenters. The lowest BCUT2D eigenvalue weighted by Gasteiger charge is -2.26. The Morgan fingerprint density at radius 3 is 2.54 bits per heavy atom. The highest BCUT2D eigenvalue weighted by atomic mass is 16.6. The maximum Gasteiger partial charge on any atom is 0.407 e. The van der Waals surface area contributed by atoms with E-state index in [1.807, 2.05) is 20.8 Å². The molecule has 1 fully saturated rings. The summed E-state index contributed by atoms with van der Waals surface area (Å²) in [5.41, 5.74) is -0.409. The average molecular weight is 185 g/mol. The third-order valence-electron chi connectivity index (χ3n) is 1.71. The van der Waals surface area contributed by atoms with Crippen molar-refractivity contribution in [3.63, 3.8) is 0 Å². The Labute approximate surface area is 79.0 Å². The van der Waals surface area contributed by atoms with Gasteiger partial charge in [-0.1, -0.05) is 0 Å². The van der Waals surface area contributed by atoms with E-state index in [-0.39, 0.29) is 6.09 Å². The summed E-state index contributed by atoms with van der Waals surface area (Å²) >= 11 is 0. The maximum absolute atomic E-state index is 11.1. The highest BCUT2D eigenvalue weighted by molar-refractivity contribution is 5.67. The molecule has 1 N–H and O–H groups in total. The summed E-state index contributed by atoms with van der Waals surface area (Å²) < 4.78 is 5.08. The minimum absolute atomic E-state index is 0.334. The smallest absolute Gasteiger partial charge is 0.407 e. The van der Waals surface area contributed by atoms with Crippen molar-refractivity contribution < 1.29 is 9.53 Å². The number of hydrogen-bond acceptors (Lipinski definition) is 2. The molecular formula is C9H17N2O2. The van der Waals surface area contributed by atoms with Crippen LogP contribution in [0.2, 0.25) is 0 Å². The van der Waals surface area contributed by atoms with Crippen LogP contribution in [0.15, 0.2) is 0 Å². The zero-order chi connectivity index (χ0) is 9.90. The first-order chi connectivity index (χ1) is 5.97. The van der Waals surface area contributed by atoms with E-state index < -0.39 is 5.60 Å². The average Bonchev–Trinajstić information content (AvgIpc) is 1.78. The van der Waals surface area contributed by atoms with Crippen LogP contribution in [0.25, 0.3) is 0 Å². The fourth-order valence-electron chi connectivity index (χ4n) is 0.983. The van der Waals surface area contributed by atoms with E-state index in [1.165, 1.54) is 0 Å². The Morgan fingerprint density at radius 1 is 1.54 bits per heavy atom. The molecule has 4 nitrogen and oxygen atoms in total. The molecule has 4 heteroatoms. The van der Waals surface area contributed by atoms with Gasteiger partial charge in [0.2, 0.25) is 0 Å². The van der Waals surface area contributed by atoms with E-state index in [0.29, 0.717) is 12.5 Å². The van der Waals surface area contributed by atoms with Crippen LogP contribution in [0.3, 0.4) is 0 Å². The molecule has 75 valence electrons. The largest absolute Gasteiger partial charge is 0.444 e. The Bertz CT molecular complexity index is 183. The summed E-state index contributed by atoms with van der Waals surface area (Å²) in [7, 11) is 0. The number of hydrogen-bond donors (Lipinski definition) is 1. The molecule has 1 heterocycles. The van der Waals surface area contributed by atoms with Gasteiger partial charge in [0.1, 0.15) is 5.60 Å². The summed E-state index contributed by atoms with van der Waals surface area (Å²) in [6.45, 7) is 7.98. The first-order valence-electron chi connectivity index (χ1n) is 4.57. The van der Waals surface area contributed by atoms with E-state index in [0.717, 1.165) is 13.1 Å². The lowest BCUT2D eigenvalue weighted by molar-refractivity contribution is 0.0513. The molecule has 0 aromatic carbocycles. The van der Waals surface area contributed by atoms with Gasteiger partial charge in [0.25, 0.3) is 0 Å². The number of carbonyl (C=O) groups is 1. The molecule has 0 spiro atoms. The van der Waals surface area contributed by atoms with E-state index >= 15 is 0 Å². The minimum atomic E-state index is -0.409. The zero-order valence-corrected chi connectivity index (χ0v) is 8.46. The maximum atomic E-state index is 11.1. The molecule has 0 aromatic rings. The van der Waals surface area contributed by atoms with Gasteiger partial charge in [-0.3, -0.25) is 0 Å². The molecule has 0 aromatic heterocycles. The van der Waals surface area contributed by atoms with Gasteiger partial charge < -0.3 is 10.1 Å². The second-order valence-corrected chi connectivity index (χ2v) is 4.34. The minimum Gasteiger partial charge on any atom is -0.444 e. The van der Waals surface area contributed by atoms with Gasteiger partial charge >= 0.3 is 6.09 Å². The third kappa shape index (κ3) is 4.12. The van der Waals surface area contributed by atoms with Gasteiger partial charge in [-0.15, -0.1) is 0 Å². The van der Waals surface area contributed by atoms with Gasteiger partial charge in [-0.05, 0) is 20.8 Å². The first kappa shape index (κ1) is 10.3. The van der Waals surface area contributed by atoms with Gasteiger partial charge in [-0.25, -0.2) is 10.1 Å². The predicted molar refractivity (Wildman–Crippen MR) is 49.6 cm³/mol. The SMILES string of the molecule is CC(C)(C)OC(=O)NCC1C[N]C1. The van der Waals surface area contributed by atoms with Crippen molar-refractivity contribution in [2.45, 2.75) is 26.4 Å². The molecule has 0 unspecified atom stereocenters. The van der Waals surface area contributed by atoms with Gasteiger partial charge in [0.05, 0.1) is 0 Å². The number of nitrogens with zero attached hydrogens (tertiary/aromatic N) is 1. The van der Waals surface area contributed by atoms with Crippen LogP contribution in [-0.2, 0) is 4.74 Å². The van der Waals surface area contributed by atoms with Crippen LogP contribution in [-0.4, -0.2) is 31.3 Å². The molecule has 0 saturated carbocycles. The number of ether oxygens (including phenoxy) is 1. The Hall–Kier alpha value is -0.770. The summed E-state index contributed by atoms with van der Waals surface area (Å²) in [6, 6.07) is 0. The summed E-state index contributed by atoms with van der Waals surface area (Å²) in [4.78, 5) is 11.1. The third-order valence-corrected chi connectivity index (χ3v) is 1.71. The normalized spacial score (nSPS) is 17.8. The Morgan fingerprint density at radius 2 is 2.15 bits per heavy atom. The second-order valence-electron chi connectivity index (χ2n) is 4.34. The first-order valence-corrected chi connectivity index (χ1v) is 4.57. The van der Waals surface area contributed by atoms with E-state index in [2.05, 4.69) is 10.6 Å². The van der Waals surface area contributed by atoms with E-state index in [1.54, 1.807) is 0 Å². The molecule has 1 aliphatic heterocycles. The monoisotopic (exact) mass is 185 g/mol. The van der Waals surface area contributed by atoms with Crippen molar-refractivity contribution in [1.29, 1.82) is 0 Å². The highest BCUT2D eigenvalue weighted by Crippen LogP contribution is 2.07. The van der Waals surface area contributed by atoms with Crippen molar-refractivity contribution in [3.8, 4) is 0 Å². The number of alkyl carbamates (subject to hydrolysis) is 1. The lowest BCUT2D eigenvalue weighted by atomic mass is 10.0. The van der Waals surface area contributed by atoms with Crippen LogP contribution in [0, 0.1) is 5.92 Å². The summed E-state index contributed by atoms with van der Waals surface area (Å²) in [5.74, 6) is 0.521. The van der Waals surface area contributed by atoms with Crippen LogP contribution in [0.4, 0.5) is 4.79 Å². The molecule has 1 amide bonds. The lowest BCUT2D eigenvalue weighted by Crippen LogP contribution is -2.45. The molecule has 1 saturated heterocycles. The predicted octanol–water partition coefficient (Wildman–Crippen LogP) is 0.745. The van der Waals surface area contributed by atoms with Crippen LogP contribution in [0.1, 0.15) is 20.8 Å². The second kappa shape index (κ2) is 3.96. The summed E-state index contributed by atoms with van der Waals surface area (Å²) in [6.07, 6.45) is -0.334. The molecule has 0 bridgehead atoms. The van der Waals surface area contributed by atoms with Crippen molar-refractivity contribution >= 4 is 6.09 Å². The van der Waals surface area contributed by atoms with Crippen LogP contribution in [0.5, 0.6) is 0 Å². The highest BCUT2D eigenvalue weighted by Gasteiger charge is 2.21. The molecule has 1 aliphatic rings. The molecular weight excluding hydrogens is 168 g/mol. The van der Waals surface area contributed by atoms with E-state index in [9.17, 15) is 4.79 Å². The van der Waals surface area contributed by atoms with Crippen LogP contribution < -0.4 is 10.6 Å². The molecule has 0 aliphatic carbocycles. The number of rotatable bonds is 2. The fourth-order valence-corrected chi connectivity index (χ4v) is 0.983. The van der Waals surface area contributed by atoms with Gasteiger partial charge in [0.15, 0.2) is 0 Å². The van der Waals surface area contributed by atoms with Crippen molar-refractivity contribution in [1.82, 2.24) is 10.6 Å². The number of carbonyl (C=O) groups excluding carboxylic acids is 1. The van der Waals surface area contributed by atoms with E-state index in [4.69, 9.17) is 4.74 Å². The Balaban J connectivity index is 2.10. The number of amides is 1. The number of nitrogens with one attached hydrogen (secondary N) is 1. The zero-order valence-electron chi connectivity index (χ0n) is 8.46. The van der Waals surface area contributed by atoms with Crippen LogP contribution >= 0.6 is 0 Å². The molecule has 1 rings (SSSR count). The topological polar surface area (TPSA) is 52.4 Å². The standard InChI is InChI=1S/C9H17N2O2/c1-9(2,3)13-8(12)11-6-7-4-10-5-7/h7H,4-6H2,1-3H3,(H,11,12). The van der Waals surface area contributed by atoms with Crippen molar-refractivity contribution in [3.05, 3.63) is 0 Å². The Kier molecular flexibility index (Phi) is 3.14. The molecule has 13 heavy (non-hydrogen) atoms. The van der Waals surface area contributed by atoms with Crippen molar-refractivity contribution in [2.75, 3.05) is 19.6 Å². The molecule has 1 radical (unpaired) electrons. The fraction of sp³-hybridized carbons (Fsp3) is 0.889. The van der Waals surface area contributed by atoms with Crippen molar-refractivity contribution in [2.24, 2.45) is 5.92 Å². The van der Waals surface area contributed by atoms with Gasteiger partial charge in [0, 0.05) is 25.6 Å². The summed E-state index contributed by atoms with van der Waals surface area (Å²) in [5, 5.41) is 6.78. The van der Waals surface area contributed by atoms with Gasteiger partial charge in [-0.2, -0.15) is 0 Å².